The van der Waals surface area contributed by atoms with Crippen molar-refractivity contribution in [3.05, 3.63) is 35.9 Å². The van der Waals surface area contributed by atoms with Crippen LogP contribution in [0.15, 0.2) is 30.3 Å². The SMILES string of the molecule is CNC(CCc1ccccc1)CC(C)COC. The highest BCUT2D eigenvalue weighted by molar-refractivity contribution is 5.14. The normalized spacial score (nSPS) is 14.5. The lowest BCUT2D eigenvalue weighted by molar-refractivity contribution is 0.149. The van der Waals surface area contributed by atoms with Gasteiger partial charge in [-0.3, -0.25) is 0 Å². The van der Waals surface area contributed by atoms with Gasteiger partial charge in [0.2, 0.25) is 0 Å². The summed E-state index contributed by atoms with van der Waals surface area (Å²) in [5.74, 6) is 0.619. The van der Waals surface area contributed by atoms with Crippen LogP contribution in [-0.2, 0) is 11.2 Å². The van der Waals surface area contributed by atoms with Crippen LogP contribution in [0.3, 0.4) is 0 Å². The first-order chi connectivity index (χ1) is 8.26. The van der Waals surface area contributed by atoms with Crippen LogP contribution >= 0.6 is 0 Å². The summed E-state index contributed by atoms with van der Waals surface area (Å²) in [6, 6.07) is 11.3. The van der Waals surface area contributed by atoms with Gasteiger partial charge in [0.25, 0.3) is 0 Å². The van der Waals surface area contributed by atoms with Crippen LogP contribution in [0.25, 0.3) is 0 Å². The third kappa shape index (κ3) is 5.85. The number of benzene rings is 1. The van der Waals surface area contributed by atoms with Gasteiger partial charge in [-0.25, -0.2) is 0 Å². The fraction of sp³-hybridized carbons (Fsp3) is 0.600. The van der Waals surface area contributed by atoms with Gasteiger partial charge in [-0.1, -0.05) is 37.3 Å². The summed E-state index contributed by atoms with van der Waals surface area (Å²) in [4.78, 5) is 0. The molecule has 2 nitrogen and oxygen atoms in total. The minimum Gasteiger partial charge on any atom is -0.384 e. The Kier molecular flexibility index (Phi) is 6.90. The summed E-state index contributed by atoms with van der Waals surface area (Å²) >= 11 is 0. The molecular formula is C15H25NO. The van der Waals surface area contributed by atoms with Crippen molar-refractivity contribution in [1.29, 1.82) is 0 Å². The lowest BCUT2D eigenvalue weighted by Crippen LogP contribution is -2.28. The van der Waals surface area contributed by atoms with Crippen molar-refractivity contribution in [2.45, 2.75) is 32.2 Å². The average Bonchev–Trinajstić information content (AvgIpc) is 2.36. The van der Waals surface area contributed by atoms with E-state index in [1.54, 1.807) is 7.11 Å². The lowest BCUT2D eigenvalue weighted by atomic mass is 9.97. The molecule has 0 radical (unpaired) electrons. The van der Waals surface area contributed by atoms with Gasteiger partial charge in [0, 0.05) is 19.8 Å². The number of aryl methyl sites for hydroxylation is 1. The molecule has 1 rings (SSSR count). The summed E-state index contributed by atoms with van der Waals surface area (Å²) in [5.41, 5.74) is 1.42. The highest BCUT2D eigenvalue weighted by Crippen LogP contribution is 2.12. The van der Waals surface area contributed by atoms with Crippen LogP contribution in [0.2, 0.25) is 0 Å². The maximum absolute atomic E-state index is 5.18. The molecule has 0 saturated heterocycles. The van der Waals surface area contributed by atoms with Crippen molar-refractivity contribution in [3.8, 4) is 0 Å². The van der Waals surface area contributed by atoms with Crippen molar-refractivity contribution >= 4 is 0 Å². The summed E-state index contributed by atoms with van der Waals surface area (Å²) in [6.45, 7) is 3.10. The topological polar surface area (TPSA) is 21.3 Å². The van der Waals surface area contributed by atoms with E-state index in [9.17, 15) is 0 Å². The number of nitrogens with one attached hydrogen (secondary N) is 1. The quantitative estimate of drug-likeness (QED) is 0.748. The maximum Gasteiger partial charge on any atom is 0.0488 e. The van der Waals surface area contributed by atoms with E-state index in [1.807, 2.05) is 0 Å². The zero-order chi connectivity index (χ0) is 12.5. The molecule has 96 valence electrons. The molecule has 0 heterocycles. The molecule has 1 N–H and O–H groups in total. The van der Waals surface area contributed by atoms with Crippen molar-refractivity contribution < 1.29 is 4.74 Å². The van der Waals surface area contributed by atoms with Crippen molar-refractivity contribution in [2.24, 2.45) is 5.92 Å². The largest absolute Gasteiger partial charge is 0.384 e. The zero-order valence-corrected chi connectivity index (χ0v) is 11.3. The Balaban J connectivity index is 2.32. The van der Waals surface area contributed by atoms with E-state index in [-0.39, 0.29) is 0 Å². The van der Waals surface area contributed by atoms with E-state index in [1.165, 1.54) is 18.4 Å². The predicted molar refractivity (Wildman–Crippen MR) is 73.3 cm³/mol. The van der Waals surface area contributed by atoms with Gasteiger partial charge in [0.05, 0.1) is 0 Å². The second kappa shape index (κ2) is 8.26. The fourth-order valence-corrected chi connectivity index (χ4v) is 2.20. The number of hydrogen-bond donors (Lipinski definition) is 1. The van der Waals surface area contributed by atoms with Gasteiger partial charge in [-0.15, -0.1) is 0 Å². The number of rotatable bonds is 8. The molecule has 2 heteroatoms. The Morgan fingerprint density at radius 3 is 2.53 bits per heavy atom. The van der Waals surface area contributed by atoms with Gasteiger partial charge in [0.1, 0.15) is 0 Å². The van der Waals surface area contributed by atoms with Crippen LogP contribution in [0, 0.1) is 5.92 Å². The summed E-state index contributed by atoms with van der Waals surface area (Å²) in [7, 11) is 3.82. The third-order valence-electron chi connectivity index (χ3n) is 3.17. The Morgan fingerprint density at radius 1 is 1.24 bits per heavy atom. The standard InChI is InChI=1S/C15H25NO/c1-13(12-17-3)11-15(16-2)10-9-14-7-5-4-6-8-14/h4-8,13,15-16H,9-12H2,1-3H3. The zero-order valence-electron chi connectivity index (χ0n) is 11.3. The molecule has 1 aromatic carbocycles. The summed E-state index contributed by atoms with van der Waals surface area (Å²) in [5, 5.41) is 3.41. The molecule has 0 spiro atoms. The lowest BCUT2D eigenvalue weighted by Gasteiger charge is -2.20. The van der Waals surface area contributed by atoms with Crippen LogP contribution in [0.5, 0.6) is 0 Å². The Labute approximate surface area is 105 Å². The Hall–Kier alpha value is -0.860. The molecular weight excluding hydrogens is 210 g/mol. The van der Waals surface area contributed by atoms with Crippen molar-refractivity contribution in [1.82, 2.24) is 5.32 Å². The fourth-order valence-electron chi connectivity index (χ4n) is 2.20. The highest BCUT2D eigenvalue weighted by Gasteiger charge is 2.11. The number of methoxy groups -OCH3 is 1. The minimum atomic E-state index is 0.584. The van der Waals surface area contributed by atoms with Crippen LogP contribution in [0.4, 0.5) is 0 Å². The first kappa shape index (κ1) is 14.2. The van der Waals surface area contributed by atoms with Gasteiger partial charge >= 0.3 is 0 Å². The van der Waals surface area contributed by atoms with Crippen molar-refractivity contribution in [2.75, 3.05) is 20.8 Å². The van der Waals surface area contributed by atoms with Gasteiger partial charge < -0.3 is 10.1 Å². The van der Waals surface area contributed by atoms with Crippen LogP contribution < -0.4 is 5.32 Å². The predicted octanol–water partition coefficient (Wildman–Crippen LogP) is 2.88. The molecule has 0 aliphatic carbocycles. The summed E-state index contributed by atoms with van der Waals surface area (Å²) in [6.07, 6.45) is 3.51. The molecule has 0 aliphatic heterocycles. The highest BCUT2D eigenvalue weighted by atomic mass is 16.5. The maximum atomic E-state index is 5.18. The van der Waals surface area contributed by atoms with E-state index in [4.69, 9.17) is 4.74 Å². The van der Waals surface area contributed by atoms with Gasteiger partial charge in [-0.2, -0.15) is 0 Å². The second-order valence-corrected chi connectivity index (χ2v) is 4.81. The molecule has 0 aliphatic rings. The Morgan fingerprint density at radius 2 is 1.94 bits per heavy atom. The van der Waals surface area contributed by atoms with Crippen molar-refractivity contribution in [3.63, 3.8) is 0 Å². The smallest absolute Gasteiger partial charge is 0.0488 e. The van der Waals surface area contributed by atoms with Crippen LogP contribution in [-0.4, -0.2) is 26.8 Å². The van der Waals surface area contributed by atoms with E-state index >= 15 is 0 Å². The molecule has 2 unspecified atom stereocenters. The molecule has 17 heavy (non-hydrogen) atoms. The molecule has 0 fully saturated rings. The molecule has 2 atom stereocenters. The van der Waals surface area contributed by atoms with Gasteiger partial charge in [0.15, 0.2) is 0 Å². The first-order valence-corrected chi connectivity index (χ1v) is 6.46. The van der Waals surface area contributed by atoms with Gasteiger partial charge in [-0.05, 0) is 37.8 Å². The van der Waals surface area contributed by atoms with Crippen LogP contribution in [0.1, 0.15) is 25.3 Å². The second-order valence-electron chi connectivity index (χ2n) is 4.81. The molecule has 0 saturated carbocycles. The van der Waals surface area contributed by atoms with E-state index in [0.29, 0.717) is 12.0 Å². The number of hydrogen-bond acceptors (Lipinski definition) is 2. The molecule has 0 amide bonds. The van der Waals surface area contributed by atoms with E-state index < -0.39 is 0 Å². The first-order valence-electron chi connectivity index (χ1n) is 6.46. The monoisotopic (exact) mass is 235 g/mol. The van der Waals surface area contributed by atoms with E-state index in [0.717, 1.165) is 13.0 Å². The number of ether oxygens (including phenoxy) is 1. The minimum absolute atomic E-state index is 0.584. The average molecular weight is 235 g/mol. The summed E-state index contributed by atoms with van der Waals surface area (Å²) < 4.78 is 5.18. The molecule has 0 bridgehead atoms. The molecule has 0 aromatic heterocycles. The molecule has 1 aromatic rings. The van der Waals surface area contributed by atoms with E-state index in [2.05, 4.69) is 49.6 Å². The third-order valence-corrected chi connectivity index (χ3v) is 3.17. The Bertz CT molecular complexity index is 286.